The molecule has 0 aliphatic carbocycles. The second-order valence-corrected chi connectivity index (χ2v) is 8.27. The maximum atomic E-state index is 13.6. The van der Waals surface area contributed by atoms with Gasteiger partial charge in [-0.25, -0.2) is 0 Å². The molecule has 0 spiro atoms. The van der Waals surface area contributed by atoms with Crippen molar-refractivity contribution in [2.24, 2.45) is 0 Å². The van der Waals surface area contributed by atoms with E-state index in [1.807, 2.05) is 41.3 Å². The molecule has 0 atom stereocenters. The summed E-state index contributed by atoms with van der Waals surface area (Å²) < 4.78 is 13.1. The van der Waals surface area contributed by atoms with Gasteiger partial charge < -0.3 is 18.9 Å². The molecule has 1 amide bonds. The number of ether oxygens (including phenoxy) is 2. The molecule has 1 aromatic heterocycles. The lowest BCUT2D eigenvalue weighted by atomic mass is 10.1. The van der Waals surface area contributed by atoms with Gasteiger partial charge in [-0.1, -0.05) is 54.6 Å². The second-order valence-electron chi connectivity index (χ2n) is 8.27. The van der Waals surface area contributed by atoms with Gasteiger partial charge in [0.25, 0.3) is 5.91 Å². The number of fused-ring (bicyclic) bond motifs is 1. The summed E-state index contributed by atoms with van der Waals surface area (Å²) in [6.07, 6.45) is 2.08. The van der Waals surface area contributed by atoms with Crippen molar-refractivity contribution in [2.45, 2.75) is 26.6 Å². The molecule has 0 unspecified atom stereocenters. The van der Waals surface area contributed by atoms with E-state index in [2.05, 4.69) is 48.0 Å². The third-order valence-corrected chi connectivity index (χ3v) is 6.00. The highest BCUT2D eigenvalue weighted by Crippen LogP contribution is 2.33. The minimum atomic E-state index is -0.0409. The Kier molecular flexibility index (Phi) is 5.85. The Balaban J connectivity index is 1.43. The van der Waals surface area contributed by atoms with E-state index in [9.17, 15) is 4.79 Å². The first-order valence-corrected chi connectivity index (χ1v) is 11.1. The number of hydrogen-bond acceptors (Lipinski definition) is 3. The number of nitrogens with zero attached hydrogens (tertiary/aromatic N) is 2. The molecule has 5 nitrogen and oxygen atoms in total. The first-order valence-electron chi connectivity index (χ1n) is 11.1. The highest BCUT2D eigenvalue weighted by molar-refractivity contribution is 5.95. The average Bonchev–Trinajstić information content (AvgIpc) is 3.49. The molecular formula is C28H26N2O3. The van der Waals surface area contributed by atoms with Crippen molar-refractivity contribution in [2.75, 3.05) is 6.79 Å². The van der Waals surface area contributed by atoms with Crippen molar-refractivity contribution < 1.29 is 14.3 Å². The molecule has 33 heavy (non-hydrogen) atoms. The highest BCUT2D eigenvalue weighted by atomic mass is 16.7. The molecule has 0 saturated carbocycles. The zero-order valence-corrected chi connectivity index (χ0v) is 18.6. The fraction of sp³-hybridized carbons (Fsp3) is 0.179. The maximum absolute atomic E-state index is 13.6. The molecular weight excluding hydrogens is 412 g/mol. The molecule has 0 radical (unpaired) electrons. The van der Waals surface area contributed by atoms with Gasteiger partial charge in [-0.15, -0.1) is 0 Å². The van der Waals surface area contributed by atoms with Crippen LogP contribution in [0.2, 0.25) is 0 Å². The number of carbonyl (C=O) groups is 1. The highest BCUT2D eigenvalue weighted by Gasteiger charge is 2.22. The molecule has 0 fully saturated rings. The Bertz CT molecular complexity index is 1260. The minimum absolute atomic E-state index is 0.0409. The topological polar surface area (TPSA) is 43.7 Å². The van der Waals surface area contributed by atoms with Gasteiger partial charge in [-0.3, -0.25) is 4.79 Å². The van der Waals surface area contributed by atoms with Gasteiger partial charge in [0.2, 0.25) is 6.79 Å². The van der Waals surface area contributed by atoms with Crippen LogP contribution in [0.4, 0.5) is 0 Å². The summed E-state index contributed by atoms with van der Waals surface area (Å²) in [4.78, 5) is 15.5. The first kappa shape index (κ1) is 20.9. The van der Waals surface area contributed by atoms with E-state index in [0.717, 1.165) is 17.8 Å². The molecule has 0 saturated heterocycles. The van der Waals surface area contributed by atoms with Crippen molar-refractivity contribution in [3.05, 3.63) is 119 Å². The molecule has 0 bridgehead atoms. The van der Waals surface area contributed by atoms with Crippen LogP contribution in [0.1, 0.15) is 32.7 Å². The van der Waals surface area contributed by atoms with Crippen LogP contribution in [0.3, 0.4) is 0 Å². The minimum Gasteiger partial charge on any atom is -0.454 e. The normalized spacial score (nSPS) is 12.0. The Morgan fingerprint density at radius 2 is 1.67 bits per heavy atom. The summed E-state index contributed by atoms with van der Waals surface area (Å²) in [7, 11) is 0. The summed E-state index contributed by atoms with van der Waals surface area (Å²) in [5, 5.41) is 0. The van der Waals surface area contributed by atoms with Crippen LogP contribution in [0.5, 0.6) is 11.5 Å². The largest absolute Gasteiger partial charge is 0.454 e. The molecule has 1 aliphatic heterocycles. The Labute approximate surface area is 193 Å². The smallest absolute Gasteiger partial charge is 0.254 e. The number of amides is 1. The molecule has 4 aromatic rings. The Morgan fingerprint density at radius 3 is 2.52 bits per heavy atom. The lowest BCUT2D eigenvalue weighted by Crippen LogP contribution is -2.31. The van der Waals surface area contributed by atoms with Crippen LogP contribution in [0.25, 0.3) is 0 Å². The van der Waals surface area contributed by atoms with Gasteiger partial charge in [0.1, 0.15) is 0 Å². The van der Waals surface area contributed by atoms with E-state index in [1.165, 1.54) is 11.1 Å². The Hall–Kier alpha value is -3.99. The van der Waals surface area contributed by atoms with E-state index in [-0.39, 0.29) is 12.7 Å². The molecule has 2 heterocycles. The van der Waals surface area contributed by atoms with E-state index in [4.69, 9.17) is 9.47 Å². The third-order valence-electron chi connectivity index (χ3n) is 6.00. The molecule has 5 rings (SSSR count). The predicted octanol–water partition coefficient (Wildman–Crippen LogP) is 5.42. The monoisotopic (exact) mass is 438 g/mol. The molecule has 3 aromatic carbocycles. The summed E-state index contributed by atoms with van der Waals surface area (Å²) >= 11 is 0. The predicted molar refractivity (Wildman–Crippen MR) is 127 cm³/mol. The summed E-state index contributed by atoms with van der Waals surface area (Å²) in [5.74, 6) is 1.25. The van der Waals surface area contributed by atoms with Gasteiger partial charge in [0.15, 0.2) is 11.5 Å². The first-order chi connectivity index (χ1) is 16.2. The van der Waals surface area contributed by atoms with Crippen LogP contribution >= 0.6 is 0 Å². The molecule has 166 valence electrons. The molecule has 1 aliphatic rings. The van der Waals surface area contributed by atoms with E-state index >= 15 is 0 Å². The molecule has 0 N–H and O–H groups in total. The number of benzene rings is 3. The van der Waals surface area contributed by atoms with E-state index in [1.54, 1.807) is 18.2 Å². The zero-order valence-electron chi connectivity index (χ0n) is 18.6. The van der Waals surface area contributed by atoms with Gasteiger partial charge >= 0.3 is 0 Å². The lowest BCUT2D eigenvalue weighted by Gasteiger charge is -2.24. The SMILES string of the molecule is Cc1ccccc1Cn1cccc1CN(Cc1ccccc1)C(=O)c1ccc2c(c1)OCO2. The number of carbonyl (C=O) groups excluding carboxylic acids is 1. The van der Waals surface area contributed by atoms with E-state index in [0.29, 0.717) is 30.2 Å². The van der Waals surface area contributed by atoms with Crippen LogP contribution in [-0.2, 0) is 19.6 Å². The van der Waals surface area contributed by atoms with Crippen molar-refractivity contribution in [3.8, 4) is 11.5 Å². The number of hydrogen-bond donors (Lipinski definition) is 0. The lowest BCUT2D eigenvalue weighted by molar-refractivity contribution is 0.0726. The quantitative estimate of drug-likeness (QED) is 0.387. The van der Waals surface area contributed by atoms with Crippen LogP contribution in [0, 0.1) is 6.92 Å². The number of aromatic nitrogens is 1. The second kappa shape index (κ2) is 9.25. The number of aryl methyl sites for hydroxylation is 1. The third kappa shape index (κ3) is 4.62. The zero-order chi connectivity index (χ0) is 22.6. The summed E-state index contributed by atoms with van der Waals surface area (Å²) in [5.41, 5.74) is 5.29. The van der Waals surface area contributed by atoms with Crippen molar-refractivity contribution in [1.29, 1.82) is 0 Å². The van der Waals surface area contributed by atoms with Gasteiger partial charge in [0.05, 0.1) is 6.54 Å². The van der Waals surface area contributed by atoms with Crippen LogP contribution in [-0.4, -0.2) is 22.2 Å². The Morgan fingerprint density at radius 1 is 0.879 bits per heavy atom. The van der Waals surface area contributed by atoms with Gasteiger partial charge in [-0.2, -0.15) is 0 Å². The summed E-state index contributed by atoms with van der Waals surface area (Å²) in [6, 6.07) is 28.0. The van der Waals surface area contributed by atoms with Crippen molar-refractivity contribution >= 4 is 5.91 Å². The van der Waals surface area contributed by atoms with Crippen molar-refractivity contribution in [1.82, 2.24) is 9.47 Å². The number of rotatable bonds is 7. The summed E-state index contributed by atoms with van der Waals surface area (Å²) in [6.45, 7) is 4.10. The maximum Gasteiger partial charge on any atom is 0.254 e. The molecule has 5 heteroatoms. The van der Waals surface area contributed by atoms with Crippen molar-refractivity contribution in [3.63, 3.8) is 0 Å². The fourth-order valence-electron chi connectivity index (χ4n) is 4.13. The fourth-order valence-corrected chi connectivity index (χ4v) is 4.13. The average molecular weight is 439 g/mol. The van der Waals surface area contributed by atoms with Gasteiger partial charge in [-0.05, 0) is 53.9 Å². The van der Waals surface area contributed by atoms with Crippen LogP contribution in [0.15, 0.2) is 91.1 Å². The van der Waals surface area contributed by atoms with E-state index < -0.39 is 0 Å². The standard InChI is InChI=1S/C28H26N2O3/c1-21-8-5-6-11-24(21)18-29-15-7-12-25(29)19-30(17-22-9-3-2-4-10-22)28(31)23-13-14-26-27(16-23)33-20-32-26/h2-16H,17-20H2,1H3. The van der Waals surface area contributed by atoms with Gasteiger partial charge in [0, 0.05) is 30.5 Å². The van der Waals surface area contributed by atoms with Crippen LogP contribution < -0.4 is 9.47 Å².